The Morgan fingerprint density at radius 1 is 1.38 bits per heavy atom. The Morgan fingerprint density at radius 3 is 2.76 bits per heavy atom. The SMILES string of the molecule is COCC(C)CNC(=O)N1C(C(=O)O)CC2CCCCC21. The maximum absolute atomic E-state index is 12.4. The van der Waals surface area contributed by atoms with Crippen LogP contribution in [-0.2, 0) is 9.53 Å². The number of hydrogen-bond acceptors (Lipinski definition) is 3. The van der Waals surface area contributed by atoms with Gasteiger partial charge in [0.2, 0.25) is 0 Å². The summed E-state index contributed by atoms with van der Waals surface area (Å²) in [6, 6.07) is -0.812. The minimum absolute atomic E-state index is 0.0950. The number of aliphatic carboxylic acids is 1. The zero-order valence-corrected chi connectivity index (χ0v) is 12.9. The zero-order valence-electron chi connectivity index (χ0n) is 12.9. The van der Waals surface area contributed by atoms with Gasteiger partial charge in [0.15, 0.2) is 0 Å². The number of urea groups is 1. The van der Waals surface area contributed by atoms with Crippen molar-refractivity contribution in [2.45, 2.75) is 51.1 Å². The van der Waals surface area contributed by atoms with Crippen molar-refractivity contribution in [1.29, 1.82) is 0 Å². The molecule has 0 aromatic rings. The lowest BCUT2D eigenvalue weighted by molar-refractivity contribution is -0.141. The normalized spacial score (nSPS) is 29.8. The fraction of sp³-hybridized carbons (Fsp3) is 0.867. The fourth-order valence-corrected chi connectivity index (χ4v) is 3.67. The largest absolute Gasteiger partial charge is 0.480 e. The van der Waals surface area contributed by atoms with Crippen LogP contribution in [0.5, 0.6) is 0 Å². The maximum Gasteiger partial charge on any atom is 0.326 e. The van der Waals surface area contributed by atoms with E-state index in [1.807, 2.05) is 6.92 Å². The summed E-state index contributed by atoms with van der Waals surface area (Å²) in [5.74, 6) is -0.321. The standard InChI is InChI=1S/C15H26N2O4/c1-10(9-21-2)8-16-15(20)17-12-6-4-3-5-11(12)7-13(17)14(18)19/h10-13H,3-9H2,1-2H3,(H,16,20)(H,18,19). The maximum atomic E-state index is 12.4. The molecule has 4 atom stereocenters. The molecule has 6 nitrogen and oxygen atoms in total. The number of hydrogen-bond donors (Lipinski definition) is 2. The van der Waals surface area contributed by atoms with Crippen LogP contribution in [0, 0.1) is 11.8 Å². The van der Waals surface area contributed by atoms with E-state index in [1.165, 1.54) is 0 Å². The summed E-state index contributed by atoms with van der Waals surface area (Å²) in [6.07, 6.45) is 4.79. The Labute approximate surface area is 125 Å². The molecule has 1 saturated carbocycles. The summed E-state index contributed by atoms with van der Waals surface area (Å²) in [4.78, 5) is 25.5. The van der Waals surface area contributed by atoms with Crippen molar-refractivity contribution in [2.24, 2.45) is 11.8 Å². The van der Waals surface area contributed by atoms with Gasteiger partial charge in [0.25, 0.3) is 0 Å². The van der Waals surface area contributed by atoms with Crippen LogP contribution in [-0.4, -0.2) is 54.4 Å². The molecule has 0 radical (unpaired) electrons. The molecule has 21 heavy (non-hydrogen) atoms. The van der Waals surface area contributed by atoms with Gasteiger partial charge in [-0.1, -0.05) is 19.8 Å². The monoisotopic (exact) mass is 298 g/mol. The second-order valence-electron chi connectivity index (χ2n) is 6.36. The van der Waals surface area contributed by atoms with Gasteiger partial charge in [0.05, 0.1) is 6.61 Å². The number of fused-ring (bicyclic) bond motifs is 1. The van der Waals surface area contributed by atoms with Crippen LogP contribution >= 0.6 is 0 Å². The van der Waals surface area contributed by atoms with E-state index in [2.05, 4.69) is 5.32 Å². The number of ether oxygens (including phenoxy) is 1. The van der Waals surface area contributed by atoms with Gasteiger partial charge in [-0.15, -0.1) is 0 Å². The van der Waals surface area contributed by atoms with Crippen molar-refractivity contribution in [3.63, 3.8) is 0 Å². The Balaban J connectivity index is 1.99. The summed E-state index contributed by atoms with van der Waals surface area (Å²) in [7, 11) is 1.63. The molecule has 2 aliphatic rings. The van der Waals surface area contributed by atoms with E-state index in [4.69, 9.17) is 4.74 Å². The summed E-state index contributed by atoms with van der Waals surface area (Å²) in [5, 5.41) is 12.3. The van der Waals surface area contributed by atoms with E-state index >= 15 is 0 Å². The Kier molecular flexibility index (Phi) is 5.45. The zero-order chi connectivity index (χ0) is 15.4. The lowest BCUT2D eigenvalue weighted by Gasteiger charge is -2.33. The van der Waals surface area contributed by atoms with Gasteiger partial charge in [-0.3, -0.25) is 0 Å². The van der Waals surface area contributed by atoms with Gasteiger partial charge >= 0.3 is 12.0 Å². The predicted molar refractivity (Wildman–Crippen MR) is 78.1 cm³/mol. The van der Waals surface area contributed by atoms with Crippen LogP contribution in [0.1, 0.15) is 39.0 Å². The van der Waals surface area contributed by atoms with Crippen molar-refractivity contribution in [3.8, 4) is 0 Å². The number of nitrogens with one attached hydrogen (secondary N) is 1. The molecular weight excluding hydrogens is 272 g/mol. The first-order chi connectivity index (χ1) is 10.0. The molecule has 4 unspecified atom stereocenters. The highest BCUT2D eigenvalue weighted by Gasteiger charge is 2.47. The lowest BCUT2D eigenvalue weighted by atomic mass is 9.85. The van der Waals surface area contributed by atoms with Crippen molar-refractivity contribution in [1.82, 2.24) is 10.2 Å². The van der Waals surface area contributed by atoms with Crippen LogP contribution in [0.15, 0.2) is 0 Å². The molecule has 120 valence electrons. The highest BCUT2D eigenvalue weighted by molar-refractivity contribution is 5.83. The average molecular weight is 298 g/mol. The van der Waals surface area contributed by atoms with Gasteiger partial charge in [0.1, 0.15) is 6.04 Å². The number of carboxylic acids is 1. The molecule has 2 amide bonds. The Bertz CT molecular complexity index is 388. The summed E-state index contributed by atoms with van der Waals surface area (Å²) < 4.78 is 5.05. The molecule has 0 spiro atoms. The molecule has 1 aliphatic heterocycles. The number of rotatable bonds is 5. The number of methoxy groups -OCH3 is 1. The van der Waals surface area contributed by atoms with Gasteiger partial charge in [-0.05, 0) is 31.1 Å². The molecule has 1 saturated heterocycles. The molecule has 1 heterocycles. The molecule has 2 fully saturated rings. The predicted octanol–water partition coefficient (Wildman–Crippen LogP) is 1.70. The molecule has 1 aliphatic carbocycles. The fourth-order valence-electron chi connectivity index (χ4n) is 3.67. The first-order valence-corrected chi connectivity index (χ1v) is 7.82. The van der Waals surface area contributed by atoms with Crippen molar-refractivity contribution < 1.29 is 19.4 Å². The number of carbonyl (C=O) groups excluding carboxylic acids is 1. The quantitative estimate of drug-likeness (QED) is 0.809. The van der Waals surface area contributed by atoms with E-state index in [0.29, 0.717) is 25.5 Å². The average Bonchev–Trinajstić information content (AvgIpc) is 2.85. The van der Waals surface area contributed by atoms with E-state index < -0.39 is 12.0 Å². The van der Waals surface area contributed by atoms with Gasteiger partial charge < -0.3 is 20.1 Å². The van der Waals surface area contributed by atoms with E-state index in [9.17, 15) is 14.7 Å². The van der Waals surface area contributed by atoms with Crippen LogP contribution in [0.4, 0.5) is 4.79 Å². The molecule has 0 aromatic heterocycles. The highest BCUT2D eigenvalue weighted by Crippen LogP contribution is 2.39. The summed E-state index contributed by atoms with van der Waals surface area (Å²) >= 11 is 0. The van der Waals surface area contributed by atoms with Gasteiger partial charge in [-0.2, -0.15) is 0 Å². The third-order valence-electron chi connectivity index (χ3n) is 4.66. The topological polar surface area (TPSA) is 78.9 Å². The van der Waals surface area contributed by atoms with Crippen LogP contribution < -0.4 is 5.32 Å². The van der Waals surface area contributed by atoms with Crippen LogP contribution in [0.25, 0.3) is 0 Å². The minimum atomic E-state index is -0.885. The Hall–Kier alpha value is -1.30. The number of nitrogens with zero attached hydrogens (tertiary/aromatic N) is 1. The highest BCUT2D eigenvalue weighted by atomic mass is 16.5. The van der Waals surface area contributed by atoms with Crippen LogP contribution in [0.3, 0.4) is 0 Å². The first-order valence-electron chi connectivity index (χ1n) is 7.82. The number of carboxylic acid groups (broad SMARTS) is 1. The van der Waals surface area contributed by atoms with E-state index in [-0.39, 0.29) is 18.0 Å². The summed E-state index contributed by atoms with van der Waals surface area (Å²) in [5.41, 5.74) is 0. The van der Waals surface area contributed by atoms with E-state index in [0.717, 1.165) is 25.7 Å². The second kappa shape index (κ2) is 7.11. The van der Waals surface area contributed by atoms with Gasteiger partial charge in [-0.25, -0.2) is 9.59 Å². The number of likely N-dealkylation sites (tertiary alicyclic amines) is 1. The third kappa shape index (κ3) is 3.67. The molecular formula is C15H26N2O4. The molecule has 6 heteroatoms. The van der Waals surface area contributed by atoms with Crippen LogP contribution in [0.2, 0.25) is 0 Å². The molecule has 2 N–H and O–H groups in total. The molecule has 0 aromatic carbocycles. The van der Waals surface area contributed by atoms with Gasteiger partial charge in [0, 0.05) is 19.7 Å². The first kappa shape index (κ1) is 16.1. The summed E-state index contributed by atoms with van der Waals surface area (Å²) in [6.45, 7) is 3.08. The number of carbonyl (C=O) groups is 2. The van der Waals surface area contributed by atoms with Crippen molar-refractivity contribution >= 4 is 12.0 Å². The molecule has 2 rings (SSSR count). The molecule has 0 bridgehead atoms. The second-order valence-corrected chi connectivity index (χ2v) is 6.36. The smallest absolute Gasteiger partial charge is 0.326 e. The minimum Gasteiger partial charge on any atom is -0.480 e. The number of amides is 2. The van der Waals surface area contributed by atoms with Crippen molar-refractivity contribution in [3.05, 3.63) is 0 Å². The van der Waals surface area contributed by atoms with E-state index in [1.54, 1.807) is 12.0 Å². The lowest BCUT2D eigenvalue weighted by Crippen LogP contribution is -2.51. The third-order valence-corrected chi connectivity index (χ3v) is 4.66. The Morgan fingerprint density at radius 2 is 2.10 bits per heavy atom. The van der Waals surface area contributed by atoms with Crippen molar-refractivity contribution in [2.75, 3.05) is 20.3 Å².